The van der Waals surface area contributed by atoms with Crippen molar-refractivity contribution in [1.82, 2.24) is 14.5 Å². The molecule has 7 nitrogen and oxygen atoms in total. The number of benzene rings is 2. The third-order valence-electron chi connectivity index (χ3n) is 4.48. The Labute approximate surface area is 183 Å². The Hall–Kier alpha value is -3.91. The molecule has 2 amide bonds. The van der Waals surface area contributed by atoms with E-state index in [-0.39, 0.29) is 11.8 Å². The monoisotopic (exact) mass is 429 g/mol. The van der Waals surface area contributed by atoms with Crippen molar-refractivity contribution in [2.24, 2.45) is 0 Å². The van der Waals surface area contributed by atoms with Crippen molar-refractivity contribution in [3.63, 3.8) is 0 Å². The molecular formula is C23H19N5O2S. The highest BCUT2D eigenvalue weighted by Gasteiger charge is 2.18. The normalized spacial score (nSPS) is 10.5. The molecule has 0 atom stereocenters. The molecule has 0 fully saturated rings. The first-order valence-electron chi connectivity index (χ1n) is 9.45. The van der Waals surface area contributed by atoms with E-state index in [0.29, 0.717) is 27.8 Å². The molecule has 154 valence electrons. The number of imidazole rings is 1. The van der Waals surface area contributed by atoms with E-state index in [2.05, 4.69) is 20.6 Å². The van der Waals surface area contributed by atoms with Crippen LogP contribution in [-0.2, 0) is 0 Å². The Morgan fingerprint density at radius 1 is 0.871 bits per heavy atom. The van der Waals surface area contributed by atoms with Crippen molar-refractivity contribution in [2.45, 2.75) is 5.16 Å². The molecule has 2 aromatic carbocycles. The number of aromatic nitrogens is 3. The maximum atomic E-state index is 13.0. The van der Waals surface area contributed by atoms with Gasteiger partial charge in [-0.3, -0.25) is 19.1 Å². The minimum absolute atomic E-state index is 0.277. The lowest BCUT2D eigenvalue weighted by Gasteiger charge is -2.12. The van der Waals surface area contributed by atoms with Gasteiger partial charge in [-0.25, -0.2) is 4.98 Å². The van der Waals surface area contributed by atoms with Crippen LogP contribution in [0.15, 0.2) is 90.5 Å². The van der Waals surface area contributed by atoms with E-state index in [1.807, 2.05) is 36.6 Å². The number of hydrogen-bond acceptors (Lipinski definition) is 5. The van der Waals surface area contributed by atoms with E-state index >= 15 is 0 Å². The molecule has 0 unspecified atom stereocenters. The Balaban J connectivity index is 1.56. The van der Waals surface area contributed by atoms with Crippen LogP contribution in [0.3, 0.4) is 0 Å². The topological polar surface area (TPSA) is 88.9 Å². The van der Waals surface area contributed by atoms with Gasteiger partial charge < -0.3 is 10.6 Å². The summed E-state index contributed by atoms with van der Waals surface area (Å²) in [7, 11) is 0. The molecule has 0 spiro atoms. The van der Waals surface area contributed by atoms with E-state index < -0.39 is 0 Å². The third-order valence-corrected chi connectivity index (χ3v) is 5.13. The number of carbonyl (C=O) groups is 2. The van der Waals surface area contributed by atoms with E-state index in [0.717, 1.165) is 5.69 Å². The fourth-order valence-electron chi connectivity index (χ4n) is 3.04. The molecule has 0 bridgehead atoms. The summed E-state index contributed by atoms with van der Waals surface area (Å²) in [6.45, 7) is 0. The minimum atomic E-state index is -0.316. The van der Waals surface area contributed by atoms with Crippen molar-refractivity contribution >= 4 is 35.0 Å². The first-order chi connectivity index (χ1) is 15.2. The van der Waals surface area contributed by atoms with E-state index in [4.69, 9.17) is 0 Å². The van der Waals surface area contributed by atoms with Crippen molar-refractivity contribution in [2.75, 3.05) is 16.9 Å². The maximum absolute atomic E-state index is 13.0. The molecule has 31 heavy (non-hydrogen) atoms. The van der Waals surface area contributed by atoms with Gasteiger partial charge in [0.05, 0.1) is 6.20 Å². The van der Waals surface area contributed by atoms with Crippen molar-refractivity contribution in [3.8, 4) is 5.69 Å². The Bertz CT molecular complexity index is 1210. The first-order valence-corrected chi connectivity index (χ1v) is 10.7. The fourth-order valence-corrected chi connectivity index (χ4v) is 3.58. The molecule has 2 N–H and O–H groups in total. The highest BCUT2D eigenvalue weighted by Crippen LogP contribution is 2.23. The smallest absolute Gasteiger partial charge is 0.274 e. The summed E-state index contributed by atoms with van der Waals surface area (Å²) >= 11 is 1.46. The number of hydrogen-bond donors (Lipinski definition) is 2. The van der Waals surface area contributed by atoms with E-state index in [9.17, 15) is 9.59 Å². The van der Waals surface area contributed by atoms with Crippen LogP contribution in [-0.4, -0.2) is 32.6 Å². The number of nitrogens with zero attached hydrogens (tertiary/aromatic N) is 3. The van der Waals surface area contributed by atoms with Gasteiger partial charge in [0, 0.05) is 35.0 Å². The van der Waals surface area contributed by atoms with Gasteiger partial charge >= 0.3 is 0 Å². The molecule has 0 aliphatic carbocycles. The summed E-state index contributed by atoms with van der Waals surface area (Å²) in [5, 5.41) is 6.38. The second kappa shape index (κ2) is 9.27. The molecule has 2 heterocycles. The van der Waals surface area contributed by atoms with Crippen LogP contribution < -0.4 is 10.6 Å². The highest BCUT2D eigenvalue weighted by atomic mass is 32.2. The number of pyridine rings is 1. The summed E-state index contributed by atoms with van der Waals surface area (Å²) in [6.07, 6.45) is 6.67. The van der Waals surface area contributed by atoms with Crippen LogP contribution in [0.2, 0.25) is 0 Å². The summed E-state index contributed by atoms with van der Waals surface area (Å²) in [5.41, 5.74) is 2.84. The van der Waals surface area contributed by atoms with Gasteiger partial charge in [0.2, 0.25) is 0 Å². The van der Waals surface area contributed by atoms with Gasteiger partial charge in [-0.1, -0.05) is 36.0 Å². The second-order valence-electron chi connectivity index (χ2n) is 6.53. The zero-order valence-corrected chi connectivity index (χ0v) is 17.5. The largest absolute Gasteiger partial charge is 0.322 e. The van der Waals surface area contributed by atoms with Gasteiger partial charge in [-0.2, -0.15) is 0 Å². The van der Waals surface area contributed by atoms with Crippen LogP contribution in [0, 0.1) is 0 Å². The van der Waals surface area contributed by atoms with Crippen LogP contribution in [0.5, 0.6) is 0 Å². The Morgan fingerprint density at radius 3 is 2.35 bits per heavy atom. The molecular weight excluding hydrogens is 410 g/mol. The number of anilines is 2. The first kappa shape index (κ1) is 20.4. The van der Waals surface area contributed by atoms with Gasteiger partial charge in [-0.05, 0) is 48.7 Å². The standard InChI is InChI=1S/C23H19N5O2S/c1-31-23-25-15-20(28(23)19-8-3-2-4-9-19)22(30)27-18-7-5-6-16(14-18)21(29)26-17-10-12-24-13-11-17/h2-15H,1H3,(H,27,30)(H,24,26,29). The predicted molar refractivity (Wildman–Crippen MR) is 122 cm³/mol. The highest BCUT2D eigenvalue weighted by molar-refractivity contribution is 7.98. The van der Waals surface area contributed by atoms with E-state index in [1.54, 1.807) is 59.6 Å². The summed E-state index contributed by atoms with van der Waals surface area (Å²) in [4.78, 5) is 33.9. The molecule has 0 saturated heterocycles. The third kappa shape index (κ3) is 4.65. The molecule has 0 aliphatic heterocycles. The SMILES string of the molecule is CSc1ncc(C(=O)Nc2cccc(C(=O)Nc3ccncc3)c2)n1-c1ccccc1. The summed E-state index contributed by atoms with van der Waals surface area (Å²) in [5.74, 6) is -0.593. The number of rotatable bonds is 6. The Kier molecular flexibility index (Phi) is 6.09. The molecule has 0 radical (unpaired) electrons. The van der Waals surface area contributed by atoms with Gasteiger partial charge in [0.1, 0.15) is 5.69 Å². The molecule has 8 heteroatoms. The van der Waals surface area contributed by atoms with E-state index in [1.165, 1.54) is 11.8 Å². The minimum Gasteiger partial charge on any atom is -0.322 e. The predicted octanol–water partition coefficient (Wildman–Crippen LogP) is 4.49. The van der Waals surface area contributed by atoms with Gasteiger partial charge in [0.15, 0.2) is 5.16 Å². The molecule has 4 rings (SSSR count). The molecule has 0 aliphatic rings. The van der Waals surface area contributed by atoms with Crippen molar-refractivity contribution in [3.05, 3.63) is 96.6 Å². The number of amides is 2. The lowest BCUT2D eigenvalue weighted by Crippen LogP contribution is -2.17. The average molecular weight is 430 g/mol. The summed E-state index contributed by atoms with van der Waals surface area (Å²) in [6, 6.07) is 19.8. The molecule has 4 aromatic rings. The van der Waals surface area contributed by atoms with Crippen LogP contribution in [0.4, 0.5) is 11.4 Å². The summed E-state index contributed by atoms with van der Waals surface area (Å²) < 4.78 is 1.81. The van der Waals surface area contributed by atoms with Crippen LogP contribution in [0.25, 0.3) is 5.69 Å². The number of nitrogens with one attached hydrogen (secondary N) is 2. The fraction of sp³-hybridized carbons (Fsp3) is 0.0435. The average Bonchev–Trinajstić information content (AvgIpc) is 3.25. The number of thioether (sulfide) groups is 1. The molecule has 2 aromatic heterocycles. The quantitative estimate of drug-likeness (QED) is 0.441. The lowest BCUT2D eigenvalue weighted by molar-refractivity contribution is 0.101. The second-order valence-corrected chi connectivity index (χ2v) is 7.30. The Morgan fingerprint density at radius 2 is 1.61 bits per heavy atom. The number of carbonyl (C=O) groups excluding carboxylic acids is 2. The zero-order valence-electron chi connectivity index (χ0n) is 16.6. The lowest BCUT2D eigenvalue weighted by atomic mass is 10.2. The van der Waals surface area contributed by atoms with Gasteiger partial charge in [-0.15, -0.1) is 0 Å². The van der Waals surface area contributed by atoms with Crippen LogP contribution in [0.1, 0.15) is 20.8 Å². The van der Waals surface area contributed by atoms with Crippen molar-refractivity contribution < 1.29 is 9.59 Å². The maximum Gasteiger partial charge on any atom is 0.274 e. The number of para-hydroxylation sites is 1. The van der Waals surface area contributed by atoms with Crippen LogP contribution >= 0.6 is 11.8 Å². The zero-order chi connectivity index (χ0) is 21.6. The molecule has 0 saturated carbocycles. The van der Waals surface area contributed by atoms with Crippen molar-refractivity contribution in [1.29, 1.82) is 0 Å². The van der Waals surface area contributed by atoms with Gasteiger partial charge in [0.25, 0.3) is 11.8 Å².